The van der Waals surface area contributed by atoms with Crippen LogP contribution in [0.5, 0.6) is 0 Å². The first-order valence-corrected chi connectivity index (χ1v) is 11.8. The first-order chi connectivity index (χ1) is 15.8. The fraction of sp³-hybridized carbons (Fsp3) is 0.370. The monoisotopic (exact) mass is 428 g/mol. The maximum atomic E-state index is 13.6. The number of para-hydroxylation sites is 1. The number of nitrogens with zero attached hydrogens (tertiary/aromatic N) is 2. The molecule has 5 nitrogen and oxygen atoms in total. The Hall–Kier alpha value is -3.21. The van der Waals surface area contributed by atoms with Crippen LogP contribution in [-0.4, -0.2) is 29.6 Å². The third kappa shape index (κ3) is 3.36. The molecule has 2 atom stereocenters. The summed E-state index contributed by atoms with van der Waals surface area (Å²) in [6.45, 7) is 0.794. The molecule has 1 fully saturated rings. The Labute approximate surface area is 189 Å². The first-order valence-electron chi connectivity index (χ1n) is 11.8. The summed E-state index contributed by atoms with van der Waals surface area (Å²) in [5, 5.41) is 0. The minimum Gasteiger partial charge on any atom is -0.465 e. The summed E-state index contributed by atoms with van der Waals surface area (Å²) >= 11 is 0. The zero-order chi connectivity index (χ0) is 21.5. The number of ether oxygens (including phenoxy) is 2. The topological polar surface area (TPSA) is 42.0 Å². The molecule has 1 aromatic carbocycles. The lowest BCUT2D eigenvalue weighted by Crippen LogP contribution is -2.51. The van der Waals surface area contributed by atoms with Crippen LogP contribution in [0.15, 0.2) is 83.8 Å². The molecule has 0 saturated carbocycles. The number of aryl methyl sites for hydroxylation is 1. The normalized spacial score (nSPS) is 26.2. The van der Waals surface area contributed by atoms with Crippen molar-refractivity contribution in [3.05, 3.63) is 89.3 Å². The van der Waals surface area contributed by atoms with Gasteiger partial charge in [-0.3, -0.25) is 4.90 Å². The van der Waals surface area contributed by atoms with Crippen molar-refractivity contribution < 1.29 is 14.3 Å². The Morgan fingerprint density at radius 3 is 2.75 bits per heavy atom. The Bertz CT molecular complexity index is 1090. The van der Waals surface area contributed by atoms with Crippen molar-refractivity contribution in [1.29, 1.82) is 0 Å². The lowest BCUT2D eigenvalue weighted by atomic mass is 9.98. The molecule has 1 saturated heterocycles. The van der Waals surface area contributed by atoms with Crippen molar-refractivity contribution in [3.63, 3.8) is 0 Å². The molecule has 0 N–H and O–H groups in total. The van der Waals surface area contributed by atoms with Gasteiger partial charge in [0.25, 0.3) is 0 Å². The van der Waals surface area contributed by atoms with Crippen LogP contribution in [0.1, 0.15) is 44.1 Å². The molecule has 0 radical (unpaired) electrons. The Morgan fingerprint density at radius 1 is 1.03 bits per heavy atom. The van der Waals surface area contributed by atoms with Gasteiger partial charge in [-0.2, -0.15) is 0 Å². The minimum absolute atomic E-state index is 0.112. The van der Waals surface area contributed by atoms with E-state index in [1.165, 1.54) is 5.56 Å². The number of hydrogen-bond donors (Lipinski definition) is 0. The highest BCUT2D eigenvalue weighted by Gasteiger charge is 2.43. The number of anilines is 1. The Kier molecular flexibility index (Phi) is 4.90. The van der Waals surface area contributed by atoms with Crippen LogP contribution >= 0.6 is 0 Å². The molecule has 0 aromatic heterocycles. The maximum absolute atomic E-state index is 13.6. The number of hydrogen-bond acceptors (Lipinski definition) is 3. The lowest BCUT2D eigenvalue weighted by molar-refractivity contribution is 0.179. The van der Waals surface area contributed by atoms with Crippen molar-refractivity contribution in [3.8, 4) is 0 Å². The van der Waals surface area contributed by atoms with Gasteiger partial charge in [0.15, 0.2) is 11.5 Å². The minimum atomic E-state index is 0.112. The largest absolute Gasteiger partial charge is 0.465 e. The standard InChI is InChI=1S/C27H28N2O3/c30-27(28-14-6-10-19-7-4-5-11-24(19)28)29-22-12-13-23(29)16-21(15-22)26-18-31-17-25(32-26)20-8-2-1-3-9-20/h1-2,4-5,7-8,11,15,17-18,22-23H,3,6,9-10,12-14,16H2. The van der Waals surface area contributed by atoms with E-state index in [1.807, 2.05) is 11.0 Å². The fourth-order valence-electron chi connectivity index (χ4n) is 5.60. The van der Waals surface area contributed by atoms with Gasteiger partial charge >= 0.3 is 6.03 Å². The van der Waals surface area contributed by atoms with Crippen LogP contribution in [-0.2, 0) is 15.9 Å². The molecule has 1 aromatic rings. The van der Waals surface area contributed by atoms with E-state index < -0.39 is 0 Å². The van der Waals surface area contributed by atoms with E-state index in [1.54, 1.807) is 12.5 Å². The molecule has 5 aliphatic rings. The second-order valence-electron chi connectivity index (χ2n) is 9.13. The number of urea groups is 1. The summed E-state index contributed by atoms with van der Waals surface area (Å²) in [5.41, 5.74) is 4.67. The van der Waals surface area contributed by atoms with Crippen LogP contribution in [0, 0.1) is 0 Å². The molecule has 4 aliphatic heterocycles. The van der Waals surface area contributed by atoms with E-state index >= 15 is 0 Å². The summed E-state index contributed by atoms with van der Waals surface area (Å²) < 4.78 is 11.9. The Balaban J connectivity index is 1.21. The number of fused-ring (bicyclic) bond motifs is 3. The van der Waals surface area contributed by atoms with E-state index in [4.69, 9.17) is 9.47 Å². The summed E-state index contributed by atoms with van der Waals surface area (Å²) in [6, 6.07) is 8.79. The molecule has 164 valence electrons. The van der Waals surface area contributed by atoms with Crippen molar-refractivity contribution in [1.82, 2.24) is 4.90 Å². The van der Waals surface area contributed by atoms with Crippen LogP contribution in [0.3, 0.4) is 0 Å². The smallest absolute Gasteiger partial charge is 0.325 e. The van der Waals surface area contributed by atoms with E-state index in [0.29, 0.717) is 0 Å². The van der Waals surface area contributed by atoms with Gasteiger partial charge in [0.2, 0.25) is 0 Å². The SMILES string of the molecule is O=C(N1CCCc2ccccc21)N1C2C=C(C3=COC=C(C4=CC=CCC4)O3)CC1CC2. The zero-order valence-electron chi connectivity index (χ0n) is 18.2. The highest BCUT2D eigenvalue weighted by atomic mass is 16.5. The van der Waals surface area contributed by atoms with E-state index in [9.17, 15) is 4.79 Å². The van der Waals surface area contributed by atoms with E-state index in [-0.39, 0.29) is 18.1 Å². The van der Waals surface area contributed by atoms with E-state index in [0.717, 1.165) is 79.8 Å². The number of amides is 2. The number of benzene rings is 1. The van der Waals surface area contributed by atoms with Crippen LogP contribution in [0.4, 0.5) is 10.5 Å². The van der Waals surface area contributed by atoms with Crippen LogP contribution in [0.25, 0.3) is 0 Å². The van der Waals surface area contributed by atoms with Crippen molar-refractivity contribution in [2.45, 2.75) is 57.0 Å². The number of allylic oxidation sites excluding steroid dienone is 5. The molecule has 32 heavy (non-hydrogen) atoms. The van der Waals surface area contributed by atoms with Crippen molar-refractivity contribution >= 4 is 11.7 Å². The average Bonchev–Trinajstić information content (AvgIpc) is 3.12. The average molecular weight is 429 g/mol. The molecule has 2 amide bonds. The van der Waals surface area contributed by atoms with Crippen molar-refractivity contribution in [2.24, 2.45) is 0 Å². The fourth-order valence-corrected chi connectivity index (χ4v) is 5.60. The third-order valence-electron chi connectivity index (χ3n) is 7.17. The molecule has 0 spiro atoms. The number of carbonyl (C=O) groups is 1. The van der Waals surface area contributed by atoms with Gasteiger partial charge in [-0.15, -0.1) is 0 Å². The summed E-state index contributed by atoms with van der Waals surface area (Å²) in [6.07, 6.45) is 18.8. The second kappa shape index (κ2) is 8.05. The molecule has 4 heterocycles. The molecular weight excluding hydrogens is 400 g/mol. The summed E-state index contributed by atoms with van der Waals surface area (Å²) in [4.78, 5) is 17.8. The Morgan fingerprint density at radius 2 is 1.91 bits per heavy atom. The van der Waals surface area contributed by atoms with Gasteiger partial charge in [-0.1, -0.05) is 42.5 Å². The quantitative estimate of drug-likeness (QED) is 0.604. The first kappa shape index (κ1) is 19.5. The third-order valence-corrected chi connectivity index (χ3v) is 7.17. The van der Waals surface area contributed by atoms with Crippen LogP contribution < -0.4 is 4.90 Å². The second-order valence-corrected chi connectivity index (χ2v) is 9.13. The van der Waals surface area contributed by atoms with Gasteiger partial charge < -0.3 is 14.4 Å². The van der Waals surface area contributed by atoms with Gasteiger partial charge in [-0.25, -0.2) is 4.79 Å². The van der Waals surface area contributed by atoms with E-state index in [2.05, 4.69) is 47.4 Å². The van der Waals surface area contributed by atoms with Crippen LogP contribution in [0.2, 0.25) is 0 Å². The highest BCUT2D eigenvalue weighted by Crippen LogP contribution is 2.41. The number of rotatable bonds is 2. The predicted molar refractivity (Wildman–Crippen MR) is 124 cm³/mol. The molecule has 1 aliphatic carbocycles. The number of carbonyl (C=O) groups excluding carboxylic acids is 1. The molecule has 5 heteroatoms. The molecule has 2 unspecified atom stereocenters. The van der Waals surface area contributed by atoms with Crippen molar-refractivity contribution in [2.75, 3.05) is 11.4 Å². The van der Waals surface area contributed by atoms with Gasteiger partial charge in [0.05, 0.1) is 6.04 Å². The molecule has 2 bridgehead atoms. The van der Waals surface area contributed by atoms with Gasteiger partial charge in [-0.05, 0) is 67.7 Å². The summed E-state index contributed by atoms with van der Waals surface area (Å²) in [5.74, 6) is 1.58. The molecule has 6 rings (SSSR count). The van der Waals surface area contributed by atoms with Gasteiger partial charge in [0, 0.05) is 18.3 Å². The highest BCUT2D eigenvalue weighted by molar-refractivity contribution is 5.94. The van der Waals surface area contributed by atoms with Gasteiger partial charge in [0.1, 0.15) is 12.5 Å². The zero-order valence-corrected chi connectivity index (χ0v) is 18.2. The lowest BCUT2D eigenvalue weighted by Gasteiger charge is -2.40. The summed E-state index contributed by atoms with van der Waals surface area (Å²) in [7, 11) is 0. The predicted octanol–water partition coefficient (Wildman–Crippen LogP) is 5.73. The molecular formula is C27H28N2O3. The maximum Gasteiger partial charge on any atom is 0.325 e.